The predicted octanol–water partition coefficient (Wildman–Crippen LogP) is 4.00. The molecule has 3 aromatic rings. The lowest BCUT2D eigenvalue weighted by Gasteiger charge is -2.09. The van der Waals surface area contributed by atoms with Crippen molar-refractivity contribution >= 4 is 23.5 Å². The van der Waals surface area contributed by atoms with Crippen LogP contribution >= 0.6 is 11.6 Å². The standard InChI is InChI=1S/C20H18ClN3O2.C2HF3O2/c1-13-17(15-7-9-22-10-8-15)12-18(20(26)24-13)19(25)23-11-6-14-2-4-16(21)5-3-14;3-2(4,5)1(6)7/h2-5,7-10,12H,6,11H2,1H3,(H,23,25)(H,24,26);(H,6,7). The van der Waals surface area contributed by atoms with E-state index in [-0.39, 0.29) is 5.56 Å². The topological polar surface area (TPSA) is 112 Å². The number of amides is 1. The number of aromatic nitrogens is 2. The summed E-state index contributed by atoms with van der Waals surface area (Å²) in [7, 11) is 0. The second-order valence-electron chi connectivity index (χ2n) is 6.72. The Kier molecular flexibility index (Phi) is 8.75. The maximum Gasteiger partial charge on any atom is 0.490 e. The normalized spacial score (nSPS) is 10.7. The number of halogens is 4. The lowest BCUT2D eigenvalue weighted by atomic mass is 10.0. The lowest BCUT2D eigenvalue weighted by Crippen LogP contribution is -2.31. The number of nitrogens with one attached hydrogen (secondary N) is 2. The van der Waals surface area contributed by atoms with E-state index in [1.807, 2.05) is 36.4 Å². The molecule has 174 valence electrons. The molecular weight excluding hydrogens is 463 g/mol. The van der Waals surface area contributed by atoms with Crippen LogP contribution in [-0.2, 0) is 11.2 Å². The quantitative estimate of drug-likeness (QED) is 0.510. The van der Waals surface area contributed by atoms with E-state index < -0.39 is 23.6 Å². The minimum Gasteiger partial charge on any atom is -0.475 e. The van der Waals surface area contributed by atoms with Gasteiger partial charge in [-0.25, -0.2) is 4.79 Å². The zero-order valence-corrected chi connectivity index (χ0v) is 18.0. The van der Waals surface area contributed by atoms with Crippen LogP contribution in [0.15, 0.2) is 59.7 Å². The summed E-state index contributed by atoms with van der Waals surface area (Å²) in [6.07, 6.45) is -1.08. The number of carboxylic acid groups (broad SMARTS) is 1. The molecule has 1 aromatic carbocycles. The van der Waals surface area contributed by atoms with Gasteiger partial charge in [0, 0.05) is 35.2 Å². The minimum atomic E-state index is -5.08. The fraction of sp³-hybridized carbons (Fsp3) is 0.182. The van der Waals surface area contributed by atoms with Gasteiger partial charge in [0.05, 0.1) is 0 Å². The maximum absolute atomic E-state index is 12.4. The monoisotopic (exact) mass is 481 g/mol. The smallest absolute Gasteiger partial charge is 0.475 e. The van der Waals surface area contributed by atoms with Crippen LogP contribution in [0.5, 0.6) is 0 Å². The summed E-state index contributed by atoms with van der Waals surface area (Å²) in [6, 6.07) is 12.7. The van der Waals surface area contributed by atoms with Crippen molar-refractivity contribution in [1.29, 1.82) is 0 Å². The van der Waals surface area contributed by atoms with E-state index in [0.717, 1.165) is 16.7 Å². The number of aliphatic carboxylic acids is 1. The summed E-state index contributed by atoms with van der Waals surface area (Å²) in [4.78, 5) is 40.3. The highest BCUT2D eigenvalue weighted by Crippen LogP contribution is 2.21. The molecule has 0 fully saturated rings. The number of carbonyl (C=O) groups is 2. The molecule has 0 saturated carbocycles. The van der Waals surface area contributed by atoms with Crippen molar-refractivity contribution in [3.8, 4) is 11.1 Å². The number of aromatic amines is 1. The second-order valence-corrected chi connectivity index (χ2v) is 7.16. The molecule has 0 spiro atoms. The molecule has 3 N–H and O–H groups in total. The summed E-state index contributed by atoms with van der Waals surface area (Å²) in [5.41, 5.74) is 3.16. The summed E-state index contributed by atoms with van der Waals surface area (Å²) in [5.74, 6) is -3.15. The Hall–Kier alpha value is -3.66. The number of hydrogen-bond donors (Lipinski definition) is 3. The third kappa shape index (κ3) is 7.76. The highest BCUT2D eigenvalue weighted by molar-refractivity contribution is 6.30. The molecule has 0 saturated heterocycles. The van der Waals surface area contributed by atoms with E-state index in [2.05, 4.69) is 15.3 Å². The summed E-state index contributed by atoms with van der Waals surface area (Å²) in [6.45, 7) is 2.23. The van der Waals surface area contributed by atoms with E-state index >= 15 is 0 Å². The Morgan fingerprint density at radius 2 is 1.70 bits per heavy atom. The Balaban J connectivity index is 0.000000479. The van der Waals surface area contributed by atoms with Gasteiger partial charge in [-0.3, -0.25) is 14.6 Å². The molecule has 0 radical (unpaired) electrons. The van der Waals surface area contributed by atoms with Crippen molar-refractivity contribution < 1.29 is 27.9 Å². The van der Waals surface area contributed by atoms with Gasteiger partial charge in [0.25, 0.3) is 11.5 Å². The number of pyridine rings is 2. The zero-order valence-electron chi connectivity index (χ0n) is 17.2. The summed E-state index contributed by atoms with van der Waals surface area (Å²) in [5, 5.41) is 10.6. The van der Waals surface area contributed by atoms with Gasteiger partial charge in [0.2, 0.25) is 0 Å². The van der Waals surface area contributed by atoms with Crippen molar-refractivity contribution in [1.82, 2.24) is 15.3 Å². The second kappa shape index (κ2) is 11.3. The van der Waals surface area contributed by atoms with Crippen LogP contribution in [0.4, 0.5) is 13.2 Å². The van der Waals surface area contributed by atoms with E-state index in [9.17, 15) is 22.8 Å². The number of H-pyrrole nitrogens is 1. The molecule has 2 heterocycles. The third-order valence-electron chi connectivity index (χ3n) is 4.33. The number of carboxylic acids is 1. The van der Waals surface area contributed by atoms with Crippen LogP contribution in [0.1, 0.15) is 21.6 Å². The van der Waals surface area contributed by atoms with E-state index in [1.54, 1.807) is 25.4 Å². The van der Waals surface area contributed by atoms with Crippen molar-refractivity contribution in [3.05, 3.63) is 87.1 Å². The third-order valence-corrected chi connectivity index (χ3v) is 4.58. The predicted molar refractivity (Wildman–Crippen MR) is 116 cm³/mol. The molecule has 0 unspecified atom stereocenters. The van der Waals surface area contributed by atoms with Gasteiger partial charge < -0.3 is 15.4 Å². The molecule has 2 aromatic heterocycles. The van der Waals surface area contributed by atoms with E-state index in [0.29, 0.717) is 23.7 Å². The Morgan fingerprint density at radius 1 is 1.12 bits per heavy atom. The highest BCUT2D eigenvalue weighted by Gasteiger charge is 2.38. The number of nitrogens with zero attached hydrogens (tertiary/aromatic N) is 1. The number of benzene rings is 1. The average Bonchev–Trinajstić information content (AvgIpc) is 2.75. The fourth-order valence-corrected chi connectivity index (χ4v) is 2.82. The molecule has 7 nitrogen and oxygen atoms in total. The number of rotatable bonds is 5. The largest absolute Gasteiger partial charge is 0.490 e. The molecular formula is C22H19ClF3N3O4. The van der Waals surface area contributed by atoms with Gasteiger partial charge in [-0.2, -0.15) is 13.2 Å². The SMILES string of the molecule is Cc1[nH]c(=O)c(C(=O)NCCc2ccc(Cl)cc2)cc1-c1ccncc1.O=C(O)C(F)(F)F. The number of carbonyl (C=O) groups excluding carboxylic acids is 1. The first-order valence-corrected chi connectivity index (χ1v) is 9.84. The molecule has 0 atom stereocenters. The number of aryl methyl sites for hydroxylation is 1. The van der Waals surface area contributed by atoms with Gasteiger partial charge >= 0.3 is 12.1 Å². The van der Waals surface area contributed by atoms with Crippen molar-refractivity contribution in [2.45, 2.75) is 19.5 Å². The number of alkyl halides is 3. The molecule has 0 aliphatic heterocycles. The Morgan fingerprint density at radius 3 is 2.24 bits per heavy atom. The average molecular weight is 482 g/mol. The zero-order chi connectivity index (χ0) is 24.6. The highest BCUT2D eigenvalue weighted by atomic mass is 35.5. The van der Waals surface area contributed by atoms with Gasteiger partial charge in [0.1, 0.15) is 5.56 Å². The van der Waals surface area contributed by atoms with Crippen molar-refractivity contribution in [2.24, 2.45) is 0 Å². The molecule has 0 bridgehead atoms. The summed E-state index contributed by atoms with van der Waals surface area (Å²) < 4.78 is 31.7. The fourth-order valence-electron chi connectivity index (χ4n) is 2.69. The van der Waals surface area contributed by atoms with E-state index in [1.165, 1.54) is 0 Å². The van der Waals surface area contributed by atoms with Gasteiger partial charge in [-0.1, -0.05) is 23.7 Å². The van der Waals surface area contributed by atoms with Crippen LogP contribution in [-0.4, -0.2) is 39.7 Å². The van der Waals surface area contributed by atoms with Crippen LogP contribution in [0.2, 0.25) is 5.02 Å². The summed E-state index contributed by atoms with van der Waals surface area (Å²) >= 11 is 5.86. The Labute approximate surface area is 191 Å². The first-order chi connectivity index (χ1) is 15.5. The van der Waals surface area contributed by atoms with Crippen LogP contribution < -0.4 is 10.9 Å². The lowest BCUT2D eigenvalue weighted by molar-refractivity contribution is -0.192. The molecule has 33 heavy (non-hydrogen) atoms. The van der Waals surface area contributed by atoms with Gasteiger partial charge in [0.15, 0.2) is 0 Å². The molecule has 3 rings (SSSR count). The molecule has 1 amide bonds. The molecule has 0 aliphatic rings. The van der Waals surface area contributed by atoms with Crippen molar-refractivity contribution in [2.75, 3.05) is 6.54 Å². The maximum atomic E-state index is 12.4. The minimum absolute atomic E-state index is 0.0959. The number of hydrogen-bond acceptors (Lipinski definition) is 4. The Bertz CT molecular complexity index is 1160. The van der Waals surface area contributed by atoms with E-state index in [4.69, 9.17) is 21.5 Å². The van der Waals surface area contributed by atoms with Crippen LogP contribution in [0.25, 0.3) is 11.1 Å². The first kappa shape index (κ1) is 25.6. The first-order valence-electron chi connectivity index (χ1n) is 9.46. The molecule has 11 heteroatoms. The molecule has 0 aliphatic carbocycles. The van der Waals surface area contributed by atoms with Gasteiger partial charge in [-0.05, 0) is 54.8 Å². The van der Waals surface area contributed by atoms with Gasteiger partial charge in [-0.15, -0.1) is 0 Å². The van der Waals surface area contributed by atoms with Crippen molar-refractivity contribution in [3.63, 3.8) is 0 Å². The van der Waals surface area contributed by atoms with Crippen LogP contribution in [0.3, 0.4) is 0 Å². The van der Waals surface area contributed by atoms with Crippen LogP contribution in [0, 0.1) is 6.92 Å².